The fraction of sp³-hybridized carbons (Fsp3) is 1.00. The highest BCUT2D eigenvalue weighted by Crippen LogP contribution is 2.63. The summed E-state index contributed by atoms with van der Waals surface area (Å²) in [5.41, 5.74) is 0.676. The Morgan fingerprint density at radius 2 is 1.00 bits per heavy atom. The molecule has 0 radical (unpaired) electrons. The van der Waals surface area contributed by atoms with Crippen molar-refractivity contribution in [3.63, 3.8) is 0 Å². The molecule has 0 aliphatic heterocycles. The first-order valence-electron chi connectivity index (χ1n) is 6.07. The van der Waals surface area contributed by atoms with Crippen LogP contribution < -0.4 is 0 Å². The molecule has 1 fully saturated rings. The molecule has 1 aliphatic carbocycles. The molecule has 0 saturated heterocycles. The van der Waals surface area contributed by atoms with E-state index in [1.54, 1.807) is 0 Å². The number of rotatable bonds is 0. The van der Waals surface area contributed by atoms with E-state index in [-0.39, 0.29) is 27.8 Å². The second kappa shape index (κ2) is 3.00. The van der Waals surface area contributed by atoms with Crippen molar-refractivity contribution in [2.24, 2.45) is 21.7 Å². The molecule has 0 amide bonds. The summed E-state index contributed by atoms with van der Waals surface area (Å²) >= 11 is 0. The highest BCUT2D eigenvalue weighted by molar-refractivity contribution is 5.08. The fourth-order valence-electron chi connectivity index (χ4n) is 3.24. The molecule has 0 aromatic heterocycles. The fourth-order valence-corrected chi connectivity index (χ4v) is 3.24. The number of hydrogen-bond donors (Lipinski definition) is 0. The summed E-state index contributed by atoms with van der Waals surface area (Å²) in [7, 11) is 0. The lowest BCUT2D eigenvalue weighted by atomic mass is 9.44. The van der Waals surface area contributed by atoms with Gasteiger partial charge in [0.1, 0.15) is 0 Å². The standard InChI is InChI=1S/C14H28O/c1-11(2)9-12(3,4)14(7,8)10(15)13(11,5)6/h10,15H,9H2,1-8H3/p+1. The van der Waals surface area contributed by atoms with Crippen LogP contribution in [0.4, 0.5) is 0 Å². The Balaban J connectivity index is 3.24. The maximum atomic E-state index is 8.59. The molecule has 0 heterocycles. The van der Waals surface area contributed by atoms with Crippen LogP contribution in [0.2, 0.25) is 0 Å². The SMILES string of the molecule is CC1(C)CC(C)(C)C(C)(C)C([OH2+])C1(C)C. The Bertz CT molecular complexity index is 233. The van der Waals surface area contributed by atoms with Gasteiger partial charge in [-0.2, -0.15) is 0 Å². The summed E-state index contributed by atoms with van der Waals surface area (Å²) in [4.78, 5) is 0. The van der Waals surface area contributed by atoms with Crippen LogP contribution in [0.25, 0.3) is 0 Å². The minimum Gasteiger partial charge on any atom is -0.442 e. The van der Waals surface area contributed by atoms with Crippen LogP contribution in [0, 0.1) is 21.7 Å². The van der Waals surface area contributed by atoms with E-state index in [9.17, 15) is 0 Å². The molecule has 90 valence electrons. The molecular weight excluding hydrogens is 184 g/mol. The first kappa shape index (κ1) is 13.0. The third-order valence-electron chi connectivity index (χ3n) is 5.82. The molecule has 0 unspecified atom stereocenters. The molecule has 2 N–H and O–H groups in total. The Morgan fingerprint density at radius 1 is 0.733 bits per heavy atom. The van der Waals surface area contributed by atoms with Crippen molar-refractivity contribution in [2.75, 3.05) is 0 Å². The lowest BCUT2D eigenvalue weighted by Gasteiger charge is -2.60. The van der Waals surface area contributed by atoms with E-state index in [4.69, 9.17) is 5.11 Å². The van der Waals surface area contributed by atoms with E-state index >= 15 is 0 Å². The van der Waals surface area contributed by atoms with Gasteiger partial charge in [-0.1, -0.05) is 55.4 Å². The van der Waals surface area contributed by atoms with Gasteiger partial charge in [0.15, 0.2) is 6.10 Å². The zero-order chi connectivity index (χ0) is 12.3. The van der Waals surface area contributed by atoms with Gasteiger partial charge >= 0.3 is 0 Å². The Morgan fingerprint density at radius 3 is 1.27 bits per heavy atom. The number of hydrogen-bond acceptors (Lipinski definition) is 0. The summed E-state index contributed by atoms with van der Waals surface area (Å²) in [6, 6.07) is 0. The van der Waals surface area contributed by atoms with Crippen LogP contribution in [0.5, 0.6) is 0 Å². The Kier molecular flexibility index (Phi) is 2.60. The summed E-state index contributed by atoms with van der Waals surface area (Å²) in [5, 5.41) is 8.59. The smallest absolute Gasteiger partial charge is 0.165 e. The predicted molar refractivity (Wildman–Crippen MR) is 67.1 cm³/mol. The minimum atomic E-state index is 0.00347. The molecule has 1 saturated carbocycles. The highest BCUT2D eigenvalue weighted by Gasteiger charge is 2.62. The van der Waals surface area contributed by atoms with Gasteiger partial charge in [-0.05, 0) is 17.3 Å². The first-order chi connectivity index (χ1) is 6.36. The van der Waals surface area contributed by atoms with Crippen LogP contribution >= 0.6 is 0 Å². The third kappa shape index (κ3) is 1.54. The molecule has 0 aromatic carbocycles. The predicted octanol–water partition coefficient (Wildman–Crippen LogP) is 3.59. The van der Waals surface area contributed by atoms with Gasteiger partial charge < -0.3 is 5.11 Å². The van der Waals surface area contributed by atoms with Crippen molar-refractivity contribution in [3.8, 4) is 0 Å². The molecule has 0 spiro atoms. The van der Waals surface area contributed by atoms with E-state index in [0.29, 0.717) is 0 Å². The Labute approximate surface area is 95.3 Å². The van der Waals surface area contributed by atoms with Crippen molar-refractivity contribution < 1.29 is 5.11 Å². The third-order valence-corrected chi connectivity index (χ3v) is 5.82. The van der Waals surface area contributed by atoms with Crippen LogP contribution in [0.15, 0.2) is 0 Å². The average molecular weight is 213 g/mol. The largest absolute Gasteiger partial charge is 0.442 e. The van der Waals surface area contributed by atoms with E-state index in [0.717, 1.165) is 0 Å². The summed E-state index contributed by atoms with van der Waals surface area (Å²) < 4.78 is 0. The first-order valence-corrected chi connectivity index (χ1v) is 6.07. The van der Waals surface area contributed by atoms with Crippen molar-refractivity contribution >= 4 is 0 Å². The second-order valence-corrected chi connectivity index (χ2v) is 7.82. The quantitative estimate of drug-likeness (QED) is 0.549. The van der Waals surface area contributed by atoms with Crippen molar-refractivity contribution in [1.82, 2.24) is 0 Å². The molecular formula is C14H29O+. The van der Waals surface area contributed by atoms with Gasteiger partial charge in [-0.3, -0.25) is 0 Å². The van der Waals surface area contributed by atoms with Crippen LogP contribution in [-0.2, 0) is 0 Å². The topological polar surface area (TPSA) is 22.9 Å². The summed E-state index contributed by atoms with van der Waals surface area (Å²) in [6.45, 7) is 18.4. The van der Waals surface area contributed by atoms with Crippen molar-refractivity contribution in [3.05, 3.63) is 0 Å². The monoisotopic (exact) mass is 213 g/mol. The van der Waals surface area contributed by atoms with E-state index in [2.05, 4.69) is 55.4 Å². The van der Waals surface area contributed by atoms with Gasteiger partial charge in [-0.15, -0.1) is 0 Å². The van der Waals surface area contributed by atoms with Gasteiger partial charge in [0.2, 0.25) is 0 Å². The van der Waals surface area contributed by atoms with Gasteiger partial charge in [-0.25, -0.2) is 0 Å². The van der Waals surface area contributed by atoms with Gasteiger partial charge in [0, 0.05) is 10.8 Å². The minimum absolute atomic E-state index is 0.00347. The maximum absolute atomic E-state index is 8.59. The zero-order valence-corrected chi connectivity index (χ0v) is 11.8. The zero-order valence-electron chi connectivity index (χ0n) is 11.8. The lowest BCUT2D eigenvalue weighted by Crippen LogP contribution is -2.61. The maximum Gasteiger partial charge on any atom is 0.165 e. The molecule has 0 bridgehead atoms. The molecule has 0 atom stereocenters. The van der Waals surface area contributed by atoms with Crippen molar-refractivity contribution in [2.45, 2.75) is 67.9 Å². The summed E-state index contributed by atoms with van der Waals surface area (Å²) in [5.74, 6) is 0. The molecule has 1 heteroatoms. The van der Waals surface area contributed by atoms with Crippen LogP contribution in [0.3, 0.4) is 0 Å². The highest BCUT2D eigenvalue weighted by atomic mass is 16.3. The molecule has 1 nitrogen and oxygen atoms in total. The second-order valence-electron chi connectivity index (χ2n) is 7.82. The Hall–Kier alpha value is -0.0400. The van der Waals surface area contributed by atoms with Crippen LogP contribution in [0.1, 0.15) is 61.8 Å². The molecule has 1 rings (SSSR count). The van der Waals surface area contributed by atoms with Crippen LogP contribution in [-0.4, -0.2) is 11.2 Å². The summed E-state index contributed by atoms with van der Waals surface area (Å²) in [6.07, 6.45) is 1.21. The van der Waals surface area contributed by atoms with E-state index in [1.807, 2.05) is 0 Å². The average Bonchev–Trinajstić information content (AvgIpc) is 1.98. The van der Waals surface area contributed by atoms with Crippen molar-refractivity contribution in [1.29, 1.82) is 0 Å². The van der Waals surface area contributed by atoms with Gasteiger partial charge in [0.05, 0.1) is 0 Å². The molecule has 1 aliphatic rings. The lowest BCUT2D eigenvalue weighted by molar-refractivity contribution is -0.198. The van der Waals surface area contributed by atoms with Gasteiger partial charge in [0.25, 0.3) is 0 Å². The van der Waals surface area contributed by atoms with E-state index < -0.39 is 0 Å². The normalized spacial score (nSPS) is 32.6. The molecule has 0 aromatic rings. The van der Waals surface area contributed by atoms with E-state index in [1.165, 1.54) is 6.42 Å². The molecule has 15 heavy (non-hydrogen) atoms.